The molecule has 0 aliphatic carbocycles. The maximum absolute atomic E-state index is 13.8. The third-order valence-electron chi connectivity index (χ3n) is 2.53. The molecule has 1 aromatic heterocycles. The molecule has 0 saturated carbocycles. The van der Waals surface area contributed by atoms with Crippen LogP contribution in [0.5, 0.6) is 5.75 Å². The van der Waals surface area contributed by atoms with Gasteiger partial charge in [-0.2, -0.15) is 0 Å². The monoisotopic (exact) mass is 265 g/mol. The zero-order valence-electron chi connectivity index (χ0n) is 10.3. The van der Waals surface area contributed by atoms with Crippen LogP contribution in [0.15, 0.2) is 18.2 Å². The van der Waals surface area contributed by atoms with Gasteiger partial charge in [0.15, 0.2) is 0 Å². The number of methoxy groups -OCH3 is 1. The van der Waals surface area contributed by atoms with Crippen LogP contribution in [0.2, 0.25) is 0 Å². The van der Waals surface area contributed by atoms with Crippen molar-refractivity contribution in [3.63, 3.8) is 0 Å². The van der Waals surface area contributed by atoms with E-state index in [1.54, 1.807) is 13.0 Å². The number of aryl methyl sites for hydroxylation is 2. The van der Waals surface area contributed by atoms with Gasteiger partial charge in [-0.25, -0.2) is 9.37 Å². The minimum absolute atomic E-state index is 0.0440. The maximum Gasteiger partial charge on any atom is 0.207 e. The summed E-state index contributed by atoms with van der Waals surface area (Å²) in [5, 5.41) is 0.796. The first-order valence-corrected chi connectivity index (χ1v) is 6.17. The SMILES string of the molecule is COc1ccc(C(=O)c2sc(C)nc2C)c(F)c1. The van der Waals surface area contributed by atoms with Crippen molar-refractivity contribution >= 4 is 17.1 Å². The highest BCUT2D eigenvalue weighted by molar-refractivity contribution is 7.14. The largest absolute Gasteiger partial charge is 0.497 e. The van der Waals surface area contributed by atoms with Gasteiger partial charge in [0.1, 0.15) is 11.6 Å². The molecule has 5 heteroatoms. The molecule has 0 bridgehead atoms. The predicted molar refractivity (Wildman–Crippen MR) is 68.0 cm³/mol. The number of halogens is 1. The Hall–Kier alpha value is -1.75. The quantitative estimate of drug-likeness (QED) is 0.800. The second-order valence-electron chi connectivity index (χ2n) is 3.82. The molecule has 0 saturated heterocycles. The number of benzene rings is 1. The molecule has 94 valence electrons. The fourth-order valence-electron chi connectivity index (χ4n) is 1.67. The number of aromatic nitrogens is 1. The summed E-state index contributed by atoms with van der Waals surface area (Å²) in [5.41, 5.74) is 0.681. The lowest BCUT2D eigenvalue weighted by molar-refractivity contribution is 0.103. The third kappa shape index (κ3) is 2.26. The van der Waals surface area contributed by atoms with Gasteiger partial charge >= 0.3 is 0 Å². The summed E-state index contributed by atoms with van der Waals surface area (Å²) < 4.78 is 18.7. The van der Waals surface area contributed by atoms with Crippen molar-refractivity contribution in [2.75, 3.05) is 7.11 Å². The van der Waals surface area contributed by atoms with Crippen LogP contribution in [0.3, 0.4) is 0 Å². The van der Waals surface area contributed by atoms with Gasteiger partial charge in [0.05, 0.1) is 28.3 Å². The van der Waals surface area contributed by atoms with E-state index in [0.717, 1.165) is 5.01 Å². The normalized spacial score (nSPS) is 10.4. The van der Waals surface area contributed by atoms with Crippen molar-refractivity contribution in [2.45, 2.75) is 13.8 Å². The number of ether oxygens (including phenoxy) is 1. The van der Waals surface area contributed by atoms with Gasteiger partial charge in [-0.05, 0) is 26.0 Å². The third-order valence-corrected chi connectivity index (χ3v) is 3.60. The van der Waals surface area contributed by atoms with E-state index in [-0.39, 0.29) is 11.3 Å². The molecule has 0 amide bonds. The molecule has 3 nitrogen and oxygen atoms in total. The molecule has 0 fully saturated rings. The smallest absolute Gasteiger partial charge is 0.207 e. The number of ketones is 1. The molecule has 2 rings (SSSR count). The number of carbonyl (C=O) groups excluding carboxylic acids is 1. The molecule has 0 aliphatic heterocycles. The lowest BCUT2D eigenvalue weighted by atomic mass is 10.1. The van der Waals surface area contributed by atoms with Crippen molar-refractivity contribution in [1.82, 2.24) is 4.98 Å². The van der Waals surface area contributed by atoms with Crippen molar-refractivity contribution in [1.29, 1.82) is 0 Å². The highest BCUT2D eigenvalue weighted by Crippen LogP contribution is 2.24. The minimum Gasteiger partial charge on any atom is -0.497 e. The van der Waals surface area contributed by atoms with E-state index >= 15 is 0 Å². The number of hydrogen-bond donors (Lipinski definition) is 0. The zero-order chi connectivity index (χ0) is 13.3. The predicted octanol–water partition coefficient (Wildman–Crippen LogP) is 3.14. The first kappa shape index (κ1) is 12.7. The lowest BCUT2D eigenvalue weighted by Gasteiger charge is -2.04. The average Bonchev–Trinajstić information content (AvgIpc) is 2.67. The van der Waals surface area contributed by atoms with Gasteiger partial charge in [-0.15, -0.1) is 11.3 Å². The summed E-state index contributed by atoms with van der Waals surface area (Å²) in [6, 6.07) is 4.21. The van der Waals surface area contributed by atoms with Crippen LogP contribution in [0, 0.1) is 19.7 Å². The van der Waals surface area contributed by atoms with Crippen LogP contribution in [-0.4, -0.2) is 17.9 Å². The highest BCUT2D eigenvalue weighted by atomic mass is 32.1. The number of carbonyl (C=O) groups is 1. The Morgan fingerprint density at radius 2 is 2.11 bits per heavy atom. The molecule has 0 radical (unpaired) electrons. The van der Waals surface area contributed by atoms with Crippen molar-refractivity contribution in [3.8, 4) is 5.75 Å². The molecule has 1 heterocycles. The van der Waals surface area contributed by atoms with Gasteiger partial charge in [-0.1, -0.05) is 0 Å². The fourth-order valence-corrected chi connectivity index (χ4v) is 2.55. The molecule has 0 N–H and O–H groups in total. The van der Waals surface area contributed by atoms with Gasteiger partial charge in [0.2, 0.25) is 5.78 Å². The van der Waals surface area contributed by atoms with Gasteiger partial charge in [-0.3, -0.25) is 4.79 Å². The second kappa shape index (κ2) is 4.86. The average molecular weight is 265 g/mol. The zero-order valence-corrected chi connectivity index (χ0v) is 11.1. The number of thiazole rings is 1. The molecule has 2 aromatic rings. The topological polar surface area (TPSA) is 39.2 Å². The van der Waals surface area contributed by atoms with Crippen LogP contribution >= 0.6 is 11.3 Å². The van der Waals surface area contributed by atoms with Crippen LogP contribution in [0.1, 0.15) is 25.9 Å². The highest BCUT2D eigenvalue weighted by Gasteiger charge is 2.19. The Morgan fingerprint density at radius 3 is 2.61 bits per heavy atom. The molecule has 18 heavy (non-hydrogen) atoms. The Morgan fingerprint density at radius 1 is 1.39 bits per heavy atom. The van der Waals surface area contributed by atoms with E-state index < -0.39 is 5.82 Å². The number of nitrogens with zero attached hydrogens (tertiary/aromatic N) is 1. The first-order chi connectivity index (χ1) is 8.52. The second-order valence-corrected chi connectivity index (χ2v) is 5.03. The number of hydrogen-bond acceptors (Lipinski definition) is 4. The van der Waals surface area contributed by atoms with Crippen molar-refractivity contribution in [2.24, 2.45) is 0 Å². The van der Waals surface area contributed by atoms with Crippen molar-refractivity contribution < 1.29 is 13.9 Å². The van der Waals surface area contributed by atoms with E-state index in [1.165, 1.54) is 30.6 Å². The lowest BCUT2D eigenvalue weighted by Crippen LogP contribution is -2.04. The van der Waals surface area contributed by atoms with E-state index in [9.17, 15) is 9.18 Å². The summed E-state index contributed by atoms with van der Waals surface area (Å²) in [6.45, 7) is 3.57. The van der Waals surface area contributed by atoms with Crippen LogP contribution in [0.4, 0.5) is 4.39 Å². The summed E-state index contributed by atoms with van der Waals surface area (Å²) in [6.07, 6.45) is 0. The van der Waals surface area contributed by atoms with Gasteiger partial charge in [0, 0.05) is 6.07 Å². The minimum atomic E-state index is -0.579. The molecule has 0 atom stereocenters. The summed E-state index contributed by atoms with van der Waals surface area (Å²) in [7, 11) is 1.45. The van der Waals surface area contributed by atoms with Crippen molar-refractivity contribution in [3.05, 3.63) is 45.2 Å². The molecule has 0 spiro atoms. The van der Waals surface area contributed by atoms with Crippen LogP contribution in [-0.2, 0) is 0 Å². The Labute approximate surface area is 108 Å². The van der Waals surface area contributed by atoms with Crippen LogP contribution < -0.4 is 4.74 Å². The molecule has 0 unspecified atom stereocenters. The summed E-state index contributed by atoms with van der Waals surface area (Å²) in [4.78, 5) is 16.8. The molecule has 1 aromatic carbocycles. The van der Waals surface area contributed by atoms with E-state index in [4.69, 9.17) is 4.74 Å². The van der Waals surface area contributed by atoms with Crippen LogP contribution in [0.25, 0.3) is 0 Å². The van der Waals surface area contributed by atoms with E-state index in [1.807, 2.05) is 6.92 Å². The maximum atomic E-state index is 13.8. The molecular weight excluding hydrogens is 253 g/mol. The fraction of sp³-hybridized carbons (Fsp3) is 0.231. The standard InChI is InChI=1S/C13H12FNO2S/c1-7-13(18-8(2)15-7)12(16)10-5-4-9(17-3)6-11(10)14/h4-6H,1-3H3. The van der Waals surface area contributed by atoms with Gasteiger partial charge in [0.25, 0.3) is 0 Å². The summed E-state index contributed by atoms with van der Waals surface area (Å²) >= 11 is 1.28. The Kier molecular flexibility index (Phi) is 3.43. The van der Waals surface area contributed by atoms with Gasteiger partial charge < -0.3 is 4.74 Å². The first-order valence-electron chi connectivity index (χ1n) is 5.35. The van der Waals surface area contributed by atoms with E-state index in [2.05, 4.69) is 4.98 Å². The van der Waals surface area contributed by atoms with E-state index in [0.29, 0.717) is 16.3 Å². The number of rotatable bonds is 3. The Balaban J connectivity index is 2.43. The molecule has 0 aliphatic rings. The summed E-state index contributed by atoms with van der Waals surface area (Å²) in [5.74, 6) is -0.524. The molecular formula is C13H12FNO2S. The Bertz CT molecular complexity index is 607.